The normalized spacial score (nSPS) is 11.0. The van der Waals surface area contributed by atoms with E-state index in [4.69, 9.17) is 4.52 Å². The predicted octanol–water partition coefficient (Wildman–Crippen LogP) is 5.04. The van der Waals surface area contributed by atoms with Crippen molar-refractivity contribution in [3.63, 3.8) is 0 Å². The van der Waals surface area contributed by atoms with E-state index in [0.717, 1.165) is 5.56 Å². The van der Waals surface area contributed by atoms with Crippen LogP contribution >= 0.6 is 0 Å². The highest BCUT2D eigenvalue weighted by atomic mass is 19.1. The van der Waals surface area contributed by atoms with E-state index in [-0.39, 0.29) is 28.2 Å². The van der Waals surface area contributed by atoms with Crippen LogP contribution in [0.3, 0.4) is 0 Å². The minimum atomic E-state index is -0.569. The van der Waals surface area contributed by atoms with Crippen molar-refractivity contribution in [2.24, 2.45) is 0 Å². The standard InChI is InChI=1S/C21H15F2N3O2/c1-11-7-8-16(23)18(9-11)24-20(27)14-10-17(13-5-3-4-6-15(13)22)25-21-19(14)12(2)26-28-21/h3-10H,1-2H3,(H,24,27). The van der Waals surface area contributed by atoms with Crippen LogP contribution in [0.25, 0.3) is 22.4 Å². The van der Waals surface area contributed by atoms with E-state index in [1.54, 1.807) is 38.1 Å². The van der Waals surface area contributed by atoms with Crippen molar-refractivity contribution >= 4 is 22.7 Å². The second kappa shape index (κ2) is 6.84. The molecule has 0 unspecified atom stereocenters. The average Bonchev–Trinajstić information content (AvgIpc) is 3.05. The fraction of sp³-hybridized carbons (Fsp3) is 0.0952. The fourth-order valence-corrected chi connectivity index (χ4v) is 3.01. The molecule has 0 aliphatic rings. The van der Waals surface area contributed by atoms with Crippen molar-refractivity contribution in [2.45, 2.75) is 13.8 Å². The first-order chi connectivity index (χ1) is 13.4. The van der Waals surface area contributed by atoms with E-state index in [1.165, 1.54) is 24.3 Å². The zero-order valence-corrected chi connectivity index (χ0v) is 15.1. The predicted molar refractivity (Wildman–Crippen MR) is 101 cm³/mol. The van der Waals surface area contributed by atoms with E-state index >= 15 is 0 Å². The number of hydrogen-bond acceptors (Lipinski definition) is 4. The van der Waals surface area contributed by atoms with E-state index < -0.39 is 17.5 Å². The van der Waals surface area contributed by atoms with Gasteiger partial charge in [-0.3, -0.25) is 4.79 Å². The number of carbonyl (C=O) groups is 1. The number of pyridine rings is 1. The Hall–Kier alpha value is -3.61. The second-order valence-electron chi connectivity index (χ2n) is 6.42. The van der Waals surface area contributed by atoms with Crippen molar-refractivity contribution < 1.29 is 18.1 Å². The lowest BCUT2D eigenvalue weighted by molar-refractivity contribution is 0.102. The number of nitrogens with one attached hydrogen (secondary N) is 1. The summed E-state index contributed by atoms with van der Waals surface area (Å²) in [5, 5.41) is 6.81. The summed E-state index contributed by atoms with van der Waals surface area (Å²) in [5.74, 6) is -1.61. The third-order valence-electron chi connectivity index (χ3n) is 4.38. The molecule has 140 valence electrons. The molecule has 0 radical (unpaired) electrons. The number of rotatable bonds is 3. The van der Waals surface area contributed by atoms with Crippen LogP contribution in [0.2, 0.25) is 0 Å². The molecule has 2 aromatic carbocycles. The van der Waals surface area contributed by atoms with Gasteiger partial charge in [0.2, 0.25) is 0 Å². The topological polar surface area (TPSA) is 68.0 Å². The molecule has 4 aromatic rings. The molecule has 0 atom stereocenters. The molecular formula is C21H15F2N3O2. The molecule has 2 heterocycles. The monoisotopic (exact) mass is 379 g/mol. The van der Waals surface area contributed by atoms with Gasteiger partial charge in [-0.05, 0) is 49.7 Å². The molecule has 4 rings (SSSR count). The Bertz CT molecular complexity index is 1220. The van der Waals surface area contributed by atoms with E-state index in [9.17, 15) is 13.6 Å². The molecule has 5 nitrogen and oxygen atoms in total. The van der Waals surface area contributed by atoms with Crippen LogP contribution in [-0.2, 0) is 0 Å². The van der Waals surface area contributed by atoms with Gasteiger partial charge in [-0.15, -0.1) is 0 Å². The zero-order valence-electron chi connectivity index (χ0n) is 15.1. The summed E-state index contributed by atoms with van der Waals surface area (Å²) in [5.41, 5.74) is 2.01. The fourth-order valence-electron chi connectivity index (χ4n) is 3.01. The summed E-state index contributed by atoms with van der Waals surface area (Å²) >= 11 is 0. The summed E-state index contributed by atoms with van der Waals surface area (Å²) in [7, 11) is 0. The molecule has 0 saturated carbocycles. The van der Waals surface area contributed by atoms with E-state index in [0.29, 0.717) is 11.1 Å². The van der Waals surface area contributed by atoms with Crippen LogP contribution in [0.1, 0.15) is 21.6 Å². The number of anilines is 1. The molecule has 0 aliphatic heterocycles. The van der Waals surface area contributed by atoms with Crippen LogP contribution in [-0.4, -0.2) is 16.0 Å². The molecule has 0 spiro atoms. The van der Waals surface area contributed by atoms with Crippen molar-refractivity contribution in [3.8, 4) is 11.3 Å². The molecule has 7 heteroatoms. The number of amides is 1. The van der Waals surface area contributed by atoms with Crippen LogP contribution in [0.5, 0.6) is 0 Å². The minimum Gasteiger partial charge on any atom is -0.335 e. The molecule has 0 saturated heterocycles. The average molecular weight is 379 g/mol. The van der Waals surface area contributed by atoms with Gasteiger partial charge in [-0.25, -0.2) is 13.8 Å². The smallest absolute Gasteiger partial charge is 0.259 e. The van der Waals surface area contributed by atoms with Gasteiger partial charge in [-0.1, -0.05) is 23.4 Å². The Labute approximate surface area is 159 Å². The highest BCUT2D eigenvalue weighted by Gasteiger charge is 2.21. The minimum absolute atomic E-state index is 0.0523. The van der Waals surface area contributed by atoms with Crippen molar-refractivity contribution in [3.05, 3.63) is 77.0 Å². The van der Waals surface area contributed by atoms with Gasteiger partial charge >= 0.3 is 0 Å². The number of fused-ring (bicyclic) bond motifs is 1. The molecule has 2 aromatic heterocycles. The second-order valence-corrected chi connectivity index (χ2v) is 6.42. The first kappa shape index (κ1) is 17.8. The Kier molecular flexibility index (Phi) is 4.35. The number of carbonyl (C=O) groups excluding carboxylic acids is 1. The number of aromatic nitrogens is 2. The quantitative estimate of drug-likeness (QED) is 0.542. The Morgan fingerprint density at radius 1 is 1.04 bits per heavy atom. The third-order valence-corrected chi connectivity index (χ3v) is 4.38. The number of aryl methyl sites for hydroxylation is 2. The summed E-state index contributed by atoms with van der Waals surface area (Å²) in [6.45, 7) is 3.46. The van der Waals surface area contributed by atoms with Crippen LogP contribution in [0, 0.1) is 25.5 Å². The molecule has 0 fully saturated rings. The molecule has 0 aliphatic carbocycles. The van der Waals surface area contributed by atoms with Gasteiger partial charge in [0.1, 0.15) is 11.6 Å². The number of benzene rings is 2. The molecule has 1 N–H and O–H groups in total. The lowest BCUT2D eigenvalue weighted by atomic mass is 10.0. The summed E-state index contributed by atoms with van der Waals surface area (Å²) < 4.78 is 33.5. The summed E-state index contributed by atoms with van der Waals surface area (Å²) in [6.07, 6.45) is 0. The maximum Gasteiger partial charge on any atom is 0.259 e. The lowest BCUT2D eigenvalue weighted by Gasteiger charge is -2.10. The van der Waals surface area contributed by atoms with Crippen LogP contribution < -0.4 is 5.32 Å². The Morgan fingerprint density at radius 2 is 1.82 bits per heavy atom. The highest BCUT2D eigenvalue weighted by Crippen LogP contribution is 2.29. The van der Waals surface area contributed by atoms with Crippen molar-refractivity contribution in [1.29, 1.82) is 0 Å². The third kappa shape index (κ3) is 3.11. The molecule has 0 bridgehead atoms. The van der Waals surface area contributed by atoms with Gasteiger partial charge in [0, 0.05) is 5.56 Å². The van der Waals surface area contributed by atoms with Crippen molar-refractivity contribution in [2.75, 3.05) is 5.32 Å². The van der Waals surface area contributed by atoms with Gasteiger partial charge in [0.25, 0.3) is 11.6 Å². The first-order valence-corrected chi connectivity index (χ1v) is 8.53. The largest absolute Gasteiger partial charge is 0.335 e. The lowest BCUT2D eigenvalue weighted by Crippen LogP contribution is -2.14. The molecule has 28 heavy (non-hydrogen) atoms. The van der Waals surface area contributed by atoms with Crippen LogP contribution in [0.4, 0.5) is 14.5 Å². The maximum absolute atomic E-state index is 14.2. The van der Waals surface area contributed by atoms with Gasteiger partial charge in [0.05, 0.1) is 28.0 Å². The van der Waals surface area contributed by atoms with Crippen LogP contribution in [0.15, 0.2) is 53.1 Å². The highest BCUT2D eigenvalue weighted by molar-refractivity contribution is 6.13. The Morgan fingerprint density at radius 3 is 2.61 bits per heavy atom. The van der Waals surface area contributed by atoms with Gasteiger partial charge in [-0.2, -0.15) is 0 Å². The van der Waals surface area contributed by atoms with Gasteiger partial charge in [0.15, 0.2) is 0 Å². The van der Waals surface area contributed by atoms with Gasteiger partial charge < -0.3 is 9.84 Å². The number of halogens is 2. The summed E-state index contributed by atoms with van der Waals surface area (Å²) in [4.78, 5) is 17.2. The molecular weight excluding hydrogens is 364 g/mol. The van der Waals surface area contributed by atoms with E-state index in [2.05, 4.69) is 15.5 Å². The summed E-state index contributed by atoms with van der Waals surface area (Å²) in [6, 6.07) is 11.9. The zero-order chi connectivity index (χ0) is 19.8. The first-order valence-electron chi connectivity index (χ1n) is 8.53. The Balaban J connectivity index is 1.85. The van der Waals surface area contributed by atoms with E-state index in [1.807, 2.05) is 0 Å². The maximum atomic E-state index is 14.2. The van der Waals surface area contributed by atoms with Crippen molar-refractivity contribution in [1.82, 2.24) is 10.1 Å². The number of hydrogen-bond donors (Lipinski definition) is 1. The SMILES string of the molecule is Cc1ccc(F)c(NC(=O)c2cc(-c3ccccc3F)nc3onc(C)c23)c1. The number of nitrogens with zero attached hydrogens (tertiary/aromatic N) is 2. The molecule has 1 amide bonds.